The van der Waals surface area contributed by atoms with Crippen LogP contribution in [0, 0.1) is 6.92 Å². The molecule has 0 spiro atoms. The van der Waals surface area contributed by atoms with Crippen molar-refractivity contribution >= 4 is 22.1 Å². The molecule has 16 heavy (non-hydrogen) atoms. The molecule has 3 aromatic rings. The van der Waals surface area contributed by atoms with E-state index < -0.39 is 0 Å². The minimum Gasteiger partial charge on any atom is -0.338 e. The normalized spacial score (nSPS) is 10.2. The van der Waals surface area contributed by atoms with Crippen LogP contribution >= 0.6 is 0 Å². The lowest BCUT2D eigenvalue weighted by molar-refractivity contribution is 0.950. The molecule has 3 rings (SSSR count). The average Bonchev–Trinajstić information content (AvgIpc) is 2.68. The van der Waals surface area contributed by atoms with E-state index in [2.05, 4.69) is 20.2 Å². The van der Waals surface area contributed by atoms with Crippen LogP contribution in [-0.4, -0.2) is 20.2 Å². The first-order valence-electron chi connectivity index (χ1n) is 5.42. The number of nitrogens with one attached hydrogen (secondary N) is 1. The summed E-state index contributed by atoms with van der Waals surface area (Å²) in [5, 5.41) is 9.15. The van der Waals surface area contributed by atoms with Crippen LogP contribution < -0.4 is 0 Å². The number of hydrogen-bond acceptors (Lipinski definition) is 3. The summed E-state index contributed by atoms with van der Waals surface area (Å²) in [6.45, 7) is 5.83. The van der Waals surface area contributed by atoms with Crippen molar-refractivity contribution in [3.05, 3.63) is 30.1 Å². The zero-order valence-electron chi connectivity index (χ0n) is 9.65. The summed E-state index contributed by atoms with van der Waals surface area (Å²) in [4.78, 5) is 7.49. The standard InChI is InChI=1S/C10H8N4.C2H6/c1-6-11-10-9(14-13-6)7-4-2-3-5-8(7)12-10;1-2/h2-5H,1H3,(H,11,12,13);1-2H3. The molecule has 0 saturated carbocycles. The molecule has 0 unspecified atom stereocenters. The van der Waals surface area contributed by atoms with Crippen molar-refractivity contribution in [1.82, 2.24) is 20.2 Å². The zero-order valence-corrected chi connectivity index (χ0v) is 9.65. The van der Waals surface area contributed by atoms with Crippen molar-refractivity contribution in [2.45, 2.75) is 20.8 Å². The Labute approximate surface area is 93.7 Å². The van der Waals surface area contributed by atoms with Crippen molar-refractivity contribution in [3.8, 4) is 0 Å². The van der Waals surface area contributed by atoms with Crippen molar-refractivity contribution in [2.24, 2.45) is 0 Å². The molecule has 1 N–H and O–H groups in total. The summed E-state index contributed by atoms with van der Waals surface area (Å²) in [7, 11) is 0. The van der Waals surface area contributed by atoms with Gasteiger partial charge in [0.2, 0.25) is 0 Å². The maximum absolute atomic E-state index is 4.28. The molecule has 0 saturated heterocycles. The number of hydrogen-bond donors (Lipinski definition) is 1. The fourth-order valence-corrected chi connectivity index (χ4v) is 1.60. The van der Waals surface area contributed by atoms with E-state index in [-0.39, 0.29) is 0 Å². The summed E-state index contributed by atoms with van der Waals surface area (Å²) in [5.41, 5.74) is 2.69. The van der Waals surface area contributed by atoms with Crippen LogP contribution in [0.4, 0.5) is 0 Å². The Morgan fingerprint density at radius 3 is 2.62 bits per heavy atom. The Bertz CT molecular complexity index is 613. The highest BCUT2D eigenvalue weighted by Crippen LogP contribution is 2.20. The van der Waals surface area contributed by atoms with E-state index in [1.54, 1.807) is 0 Å². The first-order valence-corrected chi connectivity index (χ1v) is 5.42. The Morgan fingerprint density at radius 1 is 1.06 bits per heavy atom. The van der Waals surface area contributed by atoms with Gasteiger partial charge in [-0.25, -0.2) is 4.98 Å². The molecule has 2 heterocycles. The van der Waals surface area contributed by atoms with E-state index in [1.165, 1.54) is 0 Å². The maximum atomic E-state index is 4.28. The summed E-state index contributed by atoms with van der Waals surface area (Å²) in [5.74, 6) is 0.684. The third-order valence-electron chi connectivity index (χ3n) is 2.23. The molecular weight excluding hydrogens is 200 g/mol. The van der Waals surface area contributed by atoms with Crippen molar-refractivity contribution in [3.63, 3.8) is 0 Å². The molecule has 4 nitrogen and oxygen atoms in total. The smallest absolute Gasteiger partial charge is 0.161 e. The fraction of sp³-hybridized carbons (Fsp3) is 0.250. The number of nitrogens with zero attached hydrogens (tertiary/aromatic N) is 3. The van der Waals surface area contributed by atoms with Gasteiger partial charge < -0.3 is 4.98 Å². The molecule has 0 fully saturated rings. The van der Waals surface area contributed by atoms with Gasteiger partial charge in [0.05, 0.1) is 0 Å². The molecule has 0 bridgehead atoms. The van der Waals surface area contributed by atoms with E-state index in [0.29, 0.717) is 5.82 Å². The van der Waals surface area contributed by atoms with Crippen LogP contribution in [0.2, 0.25) is 0 Å². The van der Waals surface area contributed by atoms with Gasteiger partial charge in [0.25, 0.3) is 0 Å². The number of fused-ring (bicyclic) bond motifs is 3. The number of para-hydroxylation sites is 1. The highest BCUT2D eigenvalue weighted by molar-refractivity contribution is 6.02. The number of rotatable bonds is 0. The maximum Gasteiger partial charge on any atom is 0.161 e. The molecule has 82 valence electrons. The van der Waals surface area contributed by atoms with Gasteiger partial charge in [-0.3, -0.25) is 0 Å². The second kappa shape index (κ2) is 4.26. The monoisotopic (exact) mass is 214 g/mol. The highest BCUT2D eigenvalue weighted by atomic mass is 15.2. The molecule has 0 amide bonds. The second-order valence-electron chi connectivity index (χ2n) is 3.23. The molecule has 2 aromatic heterocycles. The number of aromatic amines is 1. The number of aromatic nitrogens is 4. The van der Waals surface area contributed by atoms with E-state index in [4.69, 9.17) is 0 Å². The average molecular weight is 214 g/mol. The van der Waals surface area contributed by atoms with Crippen molar-refractivity contribution < 1.29 is 0 Å². The van der Waals surface area contributed by atoms with Gasteiger partial charge in [0.15, 0.2) is 5.65 Å². The van der Waals surface area contributed by atoms with Crippen LogP contribution in [0.15, 0.2) is 24.3 Å². The van der Waals surface area contributed by atoms with E-state index in [1.807, 2.05) is 45.0 Å². The quantitative estimate of drug-likeness (QED) is 0.626. The second-order valence-corrected chi connectivity index (χ2v) is 3.23. The Morgan fingerprint density at radius 2 is 1.81 bits per heavy atom. The third kappa shape index (κ3) is 1.62. The third-order valence-corrected chi connectivity index (χ3v) is 2.23. The predicted octanol–water partition coefficient (Wildman–Crippen LogP) is 2.84. The fourth-order valence-electron chi connectivity index (χ4n) is 1.60. The van der Waals surface area contributed by atoms with Gasteiger partial charge in [0, 0.05) is 10.9 Å². The van der Waals surface area contributed by atoms with Crippen LogP contribution in [0.25, 0.3) is 22.1 Å². The number of benzene rings is 1. The topological polar surface area (TPSA) is 54.5 Å². The van der Waals surface area contributed by atoms with Crippen LogP contribution in [0.5, 0.6) is 0 Å². The van der Waals surface area contributed by atoms with Gasteiger partial charge in [0.1, 0.15) is 11.3 Å². The van der Waals surface area contributed by atoms with Crippen molar-refractivity contribution in [2.75, 3.05) is 0 Å². The molecule has 1 aromatic carbocycles. The van der Waals surface area contributed by atoms with Gasteiger partial charge in [-0.2, -0.15) is 0 Å². The number of aryl methyl sites for hydroxylation is 1. The van der Waals surface area contributed by atoms with Gasteiger partial charge in [-0.1, -0.05) is 32.0 Å². The summed E-state index contributed by atoms with van der Waals surface area (Å²) in [6.07, 6.45) is 0. The van der Waals surface area contributed by atoms with E-state index >= 15 is 0 Å². The first kappa shape index (κ1) is 10.5. The molecule has 0 radical (unpaired) electrons. The minimum absolute atomic E-state index is 0.684. The van der Waals surface area contributed by atoms with Gasteiger partial charge in [-0.05, 0) is 13.0 Å². The SMILES string of the molecule is CC.Cc1nnc2c(n1)[nH]c1ccccc12. The largest absolute Gasteiger partial charge is 0.338 e. The molecule has 0 aliphatic heterocycles. The number of H-pyrrole nitrogens is 1. The predicted molar refractivity (Wildman–Crippen MR) is 65.3 cm³/mol. The molecule has 0 aliphatic carbocycles. The lowest BCUT2D eigenvalue weighted by Gasteiger charge is -1.89. The van der Waals surface area contributed by atoms with Gasteiger partial charge in [-0.15, -0.1) is 10.2 Å². The summed E-state index contributed by atoms with van der Waals surface area (Å²) < 4.78 is 0. The molecule has 0 atom stereocenters. The lowest BCUT2D eigenvalue weighted by atomic mass is 10.2. The minimum atomic E-state index is 0.684. The Kier molecular flexibility index (Phi) is 2.81. The van der Waals surface area contributed by atoms with E-state index in [9.17, 15) is 0 Å². The summed E-state index contributed by atoms with van der Waals surface area (Å²) >= 11 is 0. The van der Waals surface area contributed by atoms with Crippen LogP contribution in [0.1, 0.15) is 19.7 Å². The van der Waals surface area contributed by atoms with E-state index in [0.717, 1.165) is 22.1 Å². The first-order chi connectivity index (χ1) is 7.84. The highest BCUT2D eigenvalue weighted by Gasteiger charge is 2.05. The molecule has 4 heteroatoms. The van der Waals surface area contributed by atoms with Crippen molar-refractivity contribution in [1.29, 1.82) is 0 Å². The van der Waals surface area contributed by atoms with Crippen LogP contribution in [-0.2, 0) is 0 Å². The zero-order chi connectivity index (χ0) is 11.5. The lowest BCUT2D eigenvalue weighted by Crippen LogP contribution is -1.90. The molecular formula is C12H14N4. The Hall–Kier alpha value is -1.97. The molecule has 0 aliphatic rings. The summed E-state index contributed by atoms with van der Waals surface area (Å²) in [6, 6.07) is 7.99. The Balaban J connectivity index is 0.000000457. The van der Waals surface area contributed by atoms with Gasteiger partial charge >= 0.3 is 0 Å². The van der Waals surface area contributed by atoms with Crippen LogP contribution in [0.3, 0.4) is 0 Å².